The molecule has 21 heavy (non-hydrogen) atoms. The molecule has 0 aromatic carbocycles. The van der Waals surface area contributed by atoms with Crippen molar-refractivity contribution in [3.8, 4) is 5.88 Å². The molecule has 0 radical (unpaired) electrons. The lowest BCUT2D eigenvalue weighted by atomic mass is 9.96. The molecule has 2 N–H and O–H groups in total. The number of ether oxygens (including phenoxy) is 1. The van der Waals surface area contributed by atoms with Crippen molar-refractivity contribution in [2.24, 2.45) is 0 Å². The summed E-state index contributed by atoms with van der Waals surface area (Å²) in [4.78, 5) is 16.0. The second kappa shape index (κ2) is 7.86. The minimum atomic E-state index is -0.0931. The lowest BCUT2D eigenvalue weighted by Crippen LogP contribution is -2.42. The van der Waals surface area contributed by atoms with Crippen molar-refractivity contribution in [1.82, 2.24) is 15.6 Å². The van der Waals surface area contributed by atoms with Gasteiger partial charge < -0.3 is 15.4 Å². The third-order valence-corrected chi connectivity index (χ3v) is 3.55. The van der Waals surface area contributed by atoms with Crippen molar-refractivity contribution in [3.05, 3.63) is 23.9 Å². The molecule has 2 rings (SSSR count). The monoisotopic (exact) mass is 291 g/mol. The maximum absolute atomic E-state index is 11.8. The molecule has 1 aromatic heterocycles. The zero-order valence-electron chi connectivity index (χ0n) is 12.9. The Hall–Kier alpha value is -1.78. The van der Waals surface area contributed by atoms with Crippen LogP contribution < -0.4 is 15.4 Å². The Balaban J connectivity index is 1.73. The smallest absolute Gasteiger partial charge is 0.315 e. The van der Waals surface area contributed by atoms with Crippen LogP contribution in [0.5, 0.6) is 5.88 Å². The van der Waals surface area contributed by atoms with Gasteiger partial charge in [0, 0.05) is 24.8 Å². The van der Waals surface area contributed by atoms with Crippen LogP contribution in [0.15, 0.2) is 18.3 Å². The van der Waals surface area contributed by atoms with E-state index in [2.05, 4.69) is 15.6 Å². The summed E-state index contributed by atoms with van der Waals surface area (Å²) >= 11 is 0. The first kappa shape index (κ1) is 15.6. The summed E-state index contributed by atoms with van der Waals surface area (Å²) in [5, 5.41) is 5.91. The zero-order chi connectivity index (χ0) is 15.1. The van der Waals surface area contributed by atoms with Gasteiger partial charge >= 0.3 is 6.03 Å². The van der Waals surface area contributed by atoms with Crippen molar-refractivity contribution in [1.29, 1.82) is 0 Å². The number of aromatic nitrogens is 1. The summed E-state index contributed by atoms with van der Waals surface area (Å²) in [5.41, 5.74) is 0.963. The average Bonchev–Trinajstić information content (AvgIpc) is 2.47. The SMILES string of the molecule is CC(C)Oc1ccc(CNC(=O)NC2CCCCC2)cn1. The van der Waals surface area contributed by atoms with E-state index in [1.165, 1.54) is 19.3 Å². The Morgan fingerprint density at radius 3 is 2.71 bits per heavy atom. The molecule has 116 valence electrons. The first-order valence-electron chi connectivity index (χ1n) is 7.79. The van der Waals surface area contributed by atoms with E-state index in [9.17, 15) is 4.79 Å². The largest absolute Gasteiger partial charge is 0.475 e. The number of hydrogen-bond donors (Lipinski definition) is 2. The summed E-state index contributed by atoms with van der Waals surface area (Å²) in [6.45, 7) is 4.41. The molecule has 5 nitrogen and oxygen atoms in total. The van der Waals surface area contributed by atoms with E-state index < -0.39 is 0 Å². The van der Waals surface area contributed by atoms with Crippen LogP contribution in [0.2, 0.25) is 0 Å². The van der Waals surface area contributed by atoms with E-state index in [0.29, 0.717) is 18.5 Å². The van der Waals surface area contributed by atoms with Gasteiger partial charge in [-0.05, 0) is 32.3 Å². The Labute approximate surface area is 126 Å². The quantitative estimate of drug-likeness (QED) is 0.876. The number of nitrogens with zero attached hydrogens (tertiary/aromatic N) is 1. The fraction of sp³-hybridized carbons (Fsp3) is 0.625. The number of carbonyl (C=O) groups is 1. The van der Waals surface area contributed by atoms with Crippen LogP contribution in [-0.4, -0.2) is 23.2 Å². The standard InChI is InChI=1S/C16H25N3O2/c1-12(2)21-15-9-8-13(10-17-15)11-18-16(20)19-14-6-4-3-5-7-14/h8-10,12,14H,3-7,11H2,1-2H3,(H2,18,19,20). The molecule has 1 fully saturated rings. The van der Waals surface area contributed by atoms with Crippen LogP contribution in [-0.2, 0) is 6.54 Å². The maximum Gasteiger partial charge on any atom is 0.315 e. The van der Waals surface area contributed by atoms with Crippen LogP contribution in [0.25, 0.3) is 0 Å². The zero-order valence-corrected chi connectivity index (χ0v) is 12.9. The second-order valence-corrected chi connectivity index (χ2v) is 5.83. The highest BCUT2D eigenvalue weighted by Gasteiger charge is 2.15. The van der Waals surface area contributed by atoms with Gasteiger partial charge in [-0.2, -0.15) is 0 Å². The van der Waals surface area contributed by atoms with Crippen LogP contribution >= 0.6 is 0 Å². The number of carbonyl (C=O) groups excluding carboxylic acids is 1. The van der Waals surface area contributed by atoms with Crippen LogP contribution in [0.1, 0.15) is 51.5 Å². The Bertz CT molecular complexity index is 439. The van der Waals surface area contributed by atoms with Gasteiger partial charge in [-0.25, -0.2) is 9.78 Å². The lowest BCUT2D eigenvalue weighted by molar-refractivity contribution is 0.232. The minimum Gasteiger partial charge on any atom is -0.475 e. The Morgan fingerprint density at radius 2 is 2.10 bits per heavy atom. The second-order valence-electron chi connectivity index (χ2n) is 5.83. The highest BCUT2D eigenvalue weighted by Crippen LogP contribution is 2.17. The van der Waals surface area contributed by atoms with Crippen molar-refractivity contribution < 1.29 is 9.53 Å². The number of nitrogens with one attached hydrogen (secondary N) is 2. The Kier molecular flexibility index (Phi) is 5.84. The number of pyridine rings is 1. The van der Waals surface area contributed by atoms with E-state index in [4.69, 9.17) is 4.74 Å². The molecule has 1 aliphatic rings. The van der Waals surface area contributed by atoms with Crippen molar-refractivity contribution in [2.75, 3.05) is 0 Å². The molecule has 1 aliphatic carbocycles. The van der Waals surface area contributed by atoms with Gasteiger partial charge in [0.05, 0.1) is 6.10 Å². The molecule has 2 amide bonds. The third kappa shape index (κ3) is 5.61. The molecule has 0 unspecified atom stereocenters. The van der Waals surface area contributed by atoms with Crippen molar-refractivity contribution in [3.63, 3.8) is 0 Å². The van der Waals surface area contributed by atoms with Crippen LogP contribution in [0.4, 0.5) is 4.79 Å². The predicted molar refractivity (Wildman–Crippen MR) is 82.2 cm³/mol. The number of hydrogen-bond acceptors (Lipinski definition) is 3. The molecule has 0 saturated heterocycles. The number of amides is 2. The predicted octanol–water partition coefficient (Wildman–Crippen LogP) is 3.00. The third-order valence-electron chi connectivity index (χ3n) is 3.55. The van der Waals surface area contributed by atoms with Gasteiger partial charge in [0.25, 0.3) is 0 Å². The number of rotatable bonds is 5. The summed E-state index contributed by atoms with van der Waals surface area (Å²) in [6.07, 6.45) is 7.75. The van der Waals surface area contributed by atoms with E-state index in [-0.39, 0.29) is 12.1 Å². The summed E-state index contributed by atoms with van der Waals surface area (Å²) in [6, 6.07) is 3.99. The molecule has 1 aromatic rings. The van der Waals surface area contributed by atoms with E-state index in [1.54, 1.807) is 6.20 Å². The molecule has 0 atom stereocenters. The fourth-order valence-corrected chi connectivity index (χ4v) is 2.49. The van der Waals surface area contributed by atoms with Gasteiger partial charge in [-0.1, -0.05) is 25.3 Å². The summed E-state index contributed by atoms with van der Waals surface area (Å²) in [7, 11) is 0. The van der Waals surface area contributed by atoms with Crippen molar-refractivity contribution >= 4 is 6.03 Å². The first-order chi connectivity index (χ1) is 10.1. The molecule has 1 heterocycles. The van der Waals surface area contributed by atoms with Crippen molar-refractivity contribution in [2.45, 2.75) is 64.6 Å². The van der Waals surface area contributed by atoms with Crippen LogP contribution in [0.3, 0.4) is 0 Å². The topological polar surface area (TPSA) is 63.2 Å². The van der Waals surface area contributed by atoms with Gasteiger partial charge in [-0.15, -0.1) is 0 Å². The number of urea groups is 1. The van der Waals surface area contributed by atoms with E-state index in [1.807, 2.05) is 26.0 Å². The fourth-order valence-electron chi connectivity index (χ4n) is 2.49. The molecule has 0 spiro atoms. The summed E-state index contributed by atoms with van der Waals surface area (Å²) < 4.78 is 5.48. The first-order valence-corrected chi connectivity index (χ1v) is 7.79. The van der Waals surface area contributed by atoms with E-state index in [0.717, 1.165) is 18.4 Å². The highest BCUT2D eigenvalue weighted by atomic mass is 16.5. The molecule has 0 bridgehead atoms. The van der Waals surface area contributed by atoms with Gasteiger partial charge in [-0.3, -0.25) is 0 Å². The molecule has 1 saturated carbocycles. The highest BCUT2D eigenvalue weighted by molar-refractivity contribution is 5.74. The normalized spacial score (nSPS) is 15.8. The van der Waals surface area contributed by atoms with Crippen LogP contribution in [0, 0.1) is 0 Å². The molecular formula is C16H25N3O2. The minimum absolute atomic E-state index is 0.0931. The van der Waals surface area contributed by atoms with E-state index >= 15 is 0 Å². The van der Waals surface area contributed by atoms with Gasteiger partial charge in [0.2, 0.25) is 5.88 Å². The van der Waals surface area contributed by atoms with Gasteiger partial charge in [0.1, 0.15) is 0 Å². The Morgan fingerprint density at radius 1 is 1.33 bits per heavy atom. The molecular weight excluding hydrogens is 266 g/mol. The summed E-state index contributed by atoms with van der Waals surface area (Å²) in [5.74, 6) is 0.611. The maximum atomic E-state index is 11.8. The molecule has 5 heteroatoms. The molecule has 0 aliphatic heterocycles. The van der Waals surface area contributed by atoms with Gasteiger partial charge in [0.15, 0.2) is 0 Å². The average molecular weight is 291 g/mol. The lowest BCUT2D eigenvalue weighted by Gasteiger charge is -2.22.